The Hall–Kier alpha value is -3.12. The number of hydrogen-bond donors (Lipinski definition) is 0. The zero-order valence-electron chi connectivity index (χ0n) is 18.3. The van der Waals surface area contributed by atoms with E-state index in [0.29, 0.717) is 37.6 Å². The number of carbonyl (C=O) groups excluding carboxylic acids is 2. The third-order valence-electron chi connectivity index (χ3n) is 5.31. The van der Waals surface area contributed by atoms with Crippen molar-refractivity contribution < 1.29 is 19.1 Å². The molecule has 6 heteroatoms. The lowest BCUT2D eigenvalue weighted by Gasteiger charge is -2.26. The number of hydrogen-bond acceptors (Lipinski definition) is 5. The first-order valence-corrected chi connectivity index (χ1v) is 10.8. The van der Waals surface area contributed by atoms with Crippen LogP contribution in [0.15, 0.2) is 54.6 Å². The van der Waals surface area contributed by atoms with Gasteiger partial charge in [0.1, 0.15) is 5.75 Å². The lowest BCUT2D eigenvalue weighted by molar-refractivity contribution is -0.137. The molecule has 31 heavy (non-hydrogen) atoms. The summed E-state index contributed by atoms with van der Waals surface area (Å²) in [6.45, 7) is 8.50. The maximum atomic E-state index is 12.5. The van der Waals surface area contributed by atoms with Gasteiger partial charge in [-0.25, -0.2) is 0 Å². The maximum Gasteiger partial charge on any atom is 0.260 e. The summed E-state index contributed by atoms with van der Waals surface area (Å²) in [6, 6.07) is 15.0. The Bertz CT molecular complexity index is 881. The van der Waals surface area contributed by atoms with Crippen LogP contribution in [0.2, 0.25) is 0 Å². The predicted molar refractivity (Wildman–Crippen MR) is 123 cm³/mol. The summed E-state index contributed by atoms with van der Waals surface area (Å²) >= 11 is 0. The van der Waals surface area contributed by atoms with Crippen LogP contribution in [0.1, 0.15) is 29.8 Å². The van der Waals surface area contributed by atoms with Crippen LogP contribution >= 0.6 is 0 Å². The number of rotatable bonds is 9. The van der Waals surface area contributed by atoms with E-state index in [9.17, 15) is 9.59 Å². The fraction of sp³-hybridized carbons (Fsp3) is 0.360. The van der Waals surface area contributed by atoms with Crippen molar-refractivity contribution in [2.24, 2.45) is 0 Å². The zero-order valence-corrected chi connectivity index (χ0v) is 18.3. The lowest BCUT2D eigenvalue weighted by atomic mass is 10.1. The minimum absolute atomic E-state index is 0.0172. The van der Waals surface area contributed by atoms with Crippen LogP contribution in [0.5, 0.6) is 5.75 Å². The molecule has 0 spiro atoms. The summed E-state index contributed by atoms with van der Waals surface area (Å²) in [5.74, 6) is 0.427. The quantitative estimate of drug-likeness (QED) is 0.456. The van der Waals surface area contributed by atoms with E-state index in [1.54, 1.807) is 35.2 Å². The molecule has 1 saturated heterocycles. The number of anilines is 1. The molecular weight excluding hydrogens is 392 g/mol. The van der Waals surface area contributed by atoms with Crippen LogP contribution in [0.4, 0.5) is 5.69 Å². The average Bonchev–Trinajstić information content (AvgIpc) is 2.83. The molecular formula is C25H30N2O4. The van der Waals surface area contributed by atoms with Crippen molar-refractivity contribution in [2.45, 2.75) is 13.8 Å². The molecule has 0 N–H and O–H groups in total. The first-order chi connectivity index (χ1) is 15.1. The number of carbonyl (C=O) groups is 2. The average molecular weight is 423 g/mol. The molecule has 6 nitrogen and oxygen atoms in total. The summed E-state index contributed by atoms with van der Waals surface area (Å²) in [5.41, 5.74) is 2.73. The molecule has 1 aliphatic rings. The van der Waals surface area contributed by atoms with Gasteiger partial charge < -0.3 is 19.3 Å². The van der Waals surface area contributed by atoms with Crippen LogP contribution in [0, 0.1) is 0 Å². The Morgan fingerprint density at radius 3 is 2.26 bits per heavy atom. The maximum absolute atomic E-state index is 12.5. The van der Waals surface area contributed by atoms with Gasteiger partial charge in [-0.05, 0) is 61.9 Å². The van der Waals surface area contributed by atoms with Crippen molar-refractivity contribution in [3.05, 3.63) is 65.7 Å². The van der Waals surface area contributed by atoms with Gasteiger partial charge in [-0.3, -0.25) is 9.59 Å². The molecule has 1 aliphatic heterocycles. The van der Waals surface area contributed by atoms with Gasteiger partial charge in [-0.1, -0.05) is 18.2 Å². The van der Waals surface area contributed by atoms with E-state index < -0.39 is 0 Å². The molecule has 0 aliphatic carbocycles. The van der Waals surface area contributed by atoms with Gasteiger partial charge in [0.05, 0.1) is 13.2 Å². The first kappa shape index (κ1) is 22.6. The molecule has 0 unspecified atom stereocenters. The van der Waals surface area contributed by atoms with E-state index in [2.05, 4.69) is 30.9 Å². The van der Waals surface area contributed by atoms with Gasteiger partial charge >= 0.3 is 0 Å². The molecule has 0 aromatic heterocycles. The van der Waals surface area contributed by atoms with Crippen LogP contribution in [0.3, 0.4) is 0 Å². The van der Waals surface area contributed by atoms with Crippen LogP contribution in [-0.2, 0) is 9.53 Å². The van der Waals surface area contributed by atoms with Crippen molar-refractivity contribution >= 4 is 23.5 Å². The van der Waals surface area contributed by atoms with Crippen molar-refractivity contribution in [1.29, 1.82) is 0 Å². The Morgan fingerprint density at radius 1 is 1.00 bits per heavy atom. The monoisotopic (exact) mass is 422 g/mol. The molecule has 164 valence electrons. The van der Waals surface area contributed by atoms with Gasteiger partial charge in [0.25, 0.3) is 5.91 Å². The van der Waals surface area contributed by atoms with Gasteiger partial charge in [0, 0.05) is 37.4 Å². The van der Waals surface area contributed by atoms with E-state index >= 15 is 0 Å². The van der Waals surface area contributed by atoms with Gasteiger partial charge in [-0.2, -0.15) is 0 Å². The number of ether oxygens (including phenoxy) is 2. The molecule has 0 atom stereocenters. The molecule has 1 fully saturated rings. The van der Waals surface area contributed by atoms with E-state index in [0.717, 1.165) is 18.7 Å². The predicted octanol–water partition coefficient (Wildman–Crippen LogP) is 3.67. The highest BCUT2D eigenvalue weighted by atomic mass is 16.5. The Kier molecular flexibility index (Phi) is 8.24. The fourth-order valence-electron chi connectivity index (χ4n) is 3.42. The van der Waals surface area contributed by atoms with Crippen molar-refractivity contribution in [2.75, 3.05) is 50.9 Å². The minimum atomic E-state index is -0.0798. The molecule has 1 amide bonds. The smallest absolute Gasteiger partial charge is 0.260 e. The van der Waals surface area contributed by atoms with Crippen molar-refractivity contribution in [3.8, 4) is 5.75 Å². The lowest BCUT2D eigenvalue weighted by Crippen LogP contribution is -2.42. The highest BCUT2D eigenvalue weighted by Gasteiger charge is 2.17. The van der Waals surface area contributed by atoms with E-state index in [4.69, 9.17) is 9.47 Å². The number of allylic oxidation sites excluding steroid dienone is 1. The van der Waals surface area contributed by atoms with Crippen LogP contribution in [0.25, 0.3) is 6.08 Å². The zero-order chi connectivity index (χ0) is 22.1. The van der Waals surface area contributed by atoms with Gasteiger partial charge in [-0.15, -0.1) is 0 Å². The number of nitrogens with zero attached hydrogens (tertiary/aromatic N) is 2. The molecule has 3 rings (SSSR count). The number of morpholine rings is 1. The minimum Gasteiger partial charge on any atom is -0.484 e. The largest absolute Gasteiger partial charge is 0.484 e. The Balaban J connectivity index is 1.52. The molecule has 2 aromatic carbocycles. The molecule has 0 saturated carbocycles. The summed E-state index contributed by atoms with van der Waals surface area (Å²) in [5, 5.41) is 0. The second kappa shape index (κ2) is 11.3. The molecule has 1 heterocycles. The van der Waals surface area contributed by atoms with Crippen LogP contribution in [-0.4, -0.2) is 62.6 Å². The normalized spacial score (nSPS) is 13.9. The number of benzene rings is 2. The van der Waals surface area contributed by atoms with Gasteiger partial charge in [0.15, 0.2) is 12.4 Å². The summed E-state index contributed by atoms with van der Waals surface area (Å²) in [4.78, 5) is 28.6. The topological polar surface area (TPSA) is 59.1 Å². The highest BCUT2D eigenvalue weighted by molar-refractivity contribution is 6.06. The Labute approximate surface area is 184 Å². The number of ketones is 1. The third-order valence-corrected chi connectivity index (χ3v) is 5.31. The summed E-state index contributed by atoms with van der Waals surface area (Å²) in [7, 11) is 0. The standard InChI is InChI=1S/C25H30N2O4/c1-3-26(4-2)22-10-5-20(6-11-22)7-14-24(28)21-8-12-23(13-9-21)31-19-25(29)27-15-17-30-18-16-27/h5-14H,3-4,15-19H2,1-2H3/b14-7+. The second-order valence-corrected chi connectivity index (χ2v) is 7.27. The Morgan fingerprint density at radius 2 is 1.65 bits per heavy atom. The fourth-order valence-corrected chi connectivity index (χ4v) is 3.42. The van der Waals surface area contributed by atoms with Crippen molar-refractivity contribution in [1.82, 2.24) is 4.90 Å². The van der Waals surface area contributed by atoms with E-state index in [-0.39, 0.29) is 18.3 Å². The SMILES string of the molecule is CCN(CC)c1ccc(/C=C/C(=O)c2ccc(OCC(=O)N3CCOCC3)cc2)cc1. The van der Waals surface area contributed by atoms with E-state index in [1.807, 2.05) is 18.2 Å². The van der Waals surface area contributed by atoms with Crippen LogP contribution < -0.4 is 9.64 Å². The van der Waals surface area contributed by atoms with Crippen molar-refractivity contribution in [3.63, 3.8) is 0 Å². The molecule has 0 bridgehead atoms. The molecule has 0 radical (unpaired) electrons. The summed E-state index contributed by atoms with van der Waals surface area (Å²) < 4.78 is 10.8. The van der Waals surface area contributed by atoms with Gasteiger partial charge in [0.2, 0.25) is 0 Å². The first-order valence-electron chi connectivity index (χ1n) is 10.8. The second-order valence-electron chi connectivity index (χ2n) is 7.27. The van der Waals surface area contributed by atoms with E-state index in [1.165, 1.54) is 5.69 Å². The third kappa shape index (κ3) is 6.43. The molecule has 2 aromatic rings. The number of amides is 1. The highest BCUT2D eigenvalue weighted by Crippen LogP contribution is 2.17. The summed E-state index contributed by atoms with van der Waals surface area (Å²) in [6.07, 6.45) is 3.39.